The highest BCUT2D eigenvalue weighted by atomic mass is 16.5. The molecule has 2 heteroatoms. The molecule has 0 amide bonds. The number of unbranched alkanes of at least 4 members (excludes halogenated alkanes) is 2. The lowest BCUT2D eigenvalue weighted by atomic mass is 10.0. The van der Waals surface area contributed by atoms with E-state index in [0.29, 0.717) is 5.92 Å². The van der Waals surface area contributed by atoms with Crippen LogP contribution < -0.4 is 10.1 Å². The van der Waals surface area contributed by atoms with Gasteiger partial charge in [0.15, 0.2) is 0 Å². The molecule has 0 aliphatic carbocycles. The molecule has 0 radical (unpaired) electrons. The van der Waals surface area contributed by atoms with Crippen LogP contribution in [0.4, 0.5) is 0 Å². The maximum atomic E-state index is 5.92. The fourth-order valence-corrected chi connectivity index (χ4v) is 2.19. The van der Waals surface area contributed by atoms with Crippen molar-refractivity contribution in [1.29, 1.82) is 0 Å². The standard InChI is InChI=1S/C18H31NO/c1-15(2)14-19-12-8-5-9-13-20-18-11-7-6-10-17(18)16(3)4/h6-7,10-11,15-16,19H,5,8-9,12-14H2,1-4H3. The van der Waals surface area contributed by atoms with E-state index in [9.17, 15) is 0 Å². The van der Waals surface area contributed by atoms with Gasteiger partial charge in [-0.25, -0.2) is 0 Å². The average molecular weight is 277 g/mol. The Kier molecular flexibility index (Phi) is 8.36. The highest BCUT2D eigenvalue weighted by molar-refractivity contribution is 5.35. The van der Waals surface area contributed by atoms with Gasteiger partial charge in [-0.05, 0) is 55.8 Å². The molecule has 0 saturated carbocycles. The number of para-hydroxylation sites is 1. The van der Waals surface area contributed by atoms with E-state index < -0.39 is 0 Å². The number of benzene rings is 1. The van der Waals surface area contributed by atoms with E-state index in [1.165, 1.54) is 18.4 Å². The van der Waals surface area contributed by atoms with E-state index in [-0.39, 0.29) is 0 Å². The largest absolute Gasteiger partial charge is 0.493 e. The van der Waals surface area contributed by atoms with Crippen LogP contribution in [-0.4, -0.2) is 19.7 Å². The predicted octanol–water partition coefficient (Wildman–Crippen LogP) is 4.60. The van der Waals surface area contributed by atoms with Crippen LogP contribution in [0.2, 0.25) is 0 Å². The Balaban J connectivity index is 2.12. The molecule has 0 spiro atoms. The normalized spacial score (nSPS) is 11.3. The Bertz CT molecular complexity index is 360. The molecule has 0 bridgehead atoms. The Morgan fingerprint density at radius 2 is 1.75 bits per heavy atom. The van der Waals surface area contributed by atoms with Crippen LogP contribution >= 0.6 is 0 Å². The van der Waals surface area contributed by atoms with Gasteiger partial charge in [0.25, 0.3) is 0 Å². The topological polar surface area (TPSA) is 21.3 Å². The molecule has 114 valence electrons. The minimum absolute atomic E-state index is 0.520. The molecule has 0 aliphatic heterocycles. The van der Waals surface area contributed by atoms with Crippen molar-refractivity contribution in [3.63, 3.8) is 0 Å². The first-order valence-electron chi connectivity index (χ1n) is 8.03. The average Bonchev–Trinajstić information content (AvgIpc) is 2.41. The molecular formula is C18H31NO. The molecule has 2 nitrogen and oxygen atoms in total. The first kappa shape index (κ1) is 17.0. The Hall–Kier alpha value is -1.02. The van der Waals surface area contributed by atoms with Gasteiger partial charge in [-0.1, -0.05) is 45.9 Å². The summed E-state index contributed by atoms with van der Waals surface area (Å²) in [5.41, 5.74) is 1.31. The second kappa shape index (κ2) is 9.82. The van der Waals surface area contributed by atoms with Gasteiger partial charge in [-0.15, -0.1) is 0 Å². The smallest absolute Gasteiger partial charge is 0.122 e. The van der Waals surface area contributed by atoms with Crippen molar-refractivity contribution in [2.75, 3.05) is 19.7 Å². The monoisotopic (exact) mass is 277 g/mol. The quantitative estimate of drug-likeness (QED) is 0.631. The van der Waals surface area contributed by atoms with E-state index in [1.54, 1.807) is 0 Å². The highest BCUT2D eigenvalue weighted by Crippen LogP contribution is 2.25. The summed E-state index contributed by atoms with van der Waals surface area (Å²) in [6, 6.07) is 8.38. The molecule has 0 aliphatic rings. The summed E-state index contributed by atoms with van der Waals surface area (Å²) in [5, 5.41) is 3.48. The maximum Gasteiger partial charge on any atom is 0.122 e. The van der Waals surface area contributed by atoms with Crippen LogP contribution in [0.3, 0.4) is 0 Å². The van der Waals surface area contributed by atoms with Gasteiger partial charge >= 0.3 is 0 Å². The zero-order valence-corrected chi connectivity index (χ0v) is 13.6. The Morgan fingerprint density at radius 1 is 1.00 bits per heavy atom. The number of rotatable bonds is 10. The van der Waals surface area contributed by atoms with Crippen molar-refractivity contribution in [2.45, 2.75) is 52.9 Å². The van der Waals surface area contributed by atoms with Gasteiger partial charge in [-0.2, -0.15) is 0 Å². The predicted molar refractivity (Wildman–Crippen MR) is 87.6 cm³/mol. The van der Waals surface area contributed by atoms with Gasteiger partial charge in [0.2, 0.25) is 0 Å². The number of hydrogen-bond acceptors (Lipinski definition) is 2. The van der Waals surface area contributed by atoms with Crippen LogP contribution in [0.1, 0.15) is 58.4 Å². The molecular weight excluding hydrogens is 246 g/mol. The summed E-state index contributed by atoms with van der Waals surface area (Å²) < 4.78 is 5.92. The SMILES string of the molecule is CC(C)CNCCCCCOc1ccccc1C(C)C. The van der Waals surface area contributed by atoms with Gasteiger partial charge < -0.3 is 10.1 Å². The first-order valence-corrected chi connectivity index (χ1v) is 8.03. The number of nitrogens with one attached hydrogen (secondary N) is 1. The van der Waals surface area contributed by atoms with Crippen LogP contribution in [0.5, 0.6) is 5.75 Å². The minimum atomic E-state index is 0.520. The van der Waals surface area contributed by atoms with E-state index in [2.05, 4.69) is 57.3 Å². The van der Waals surface area contributed by atoms with Crippen LogP contribution in [0.25, 0.3) is 0 Å². The van der Waals surface area contributed by atoms with Crippen molar-refractivity contribution >= 4 is 0 Å². The van der Waals surface area contributed by atoms with Crippen molar-refractivity contribution in [3.8, 4) is 5.75 Å². The fourth-order valence-electron chi connectivity index (χ4n) is 2.19. The molecule has 0 aromatic heterocycles. The number of hydrogen-bond donors (Lipinski definition) is 1. The summed E-state index contributed by atoms with van der Waals surface area (Å²) in [4.78, 5) is 0. The van der Waals surface area contributed by atoms with E-state index in [1.807, 2.05) is 0 Å². The summed E-state index contributed by atoms with van der Waals surface area (Å²) in [7, 11) is 0. The van der Waals surface area contributed by atoms with Gasteiger partial charge in [-0.3, -0.25) is 0 Å². The van der Waals surface area contributed by atoms with E-state index in [0.717, 1.165) is 37.8 Å². The van der Waals surface area contributed by atoms with Crippen molar-refractivity contribution in [2.24, 2.45) is 5.92 Å². The van der Waals surface area contributed by atoms with Crippen LogP contribution in [0, 0.1) is 5.92 Å². The second-order valence-corrected chi connectivity index (χ2v) is 6.20. The lowest BCUT2D eigenvalue weighted by molar-refractivity contribution is 0.300. The second-order valence-electron chi connectivity index (χ2n) is 6.20. The molecule has 0 saturated heterocycles. The number of ether oxygens (including phenoxy) is 1. The molecule has 0 heterocycles. The van der Waals surface area contributed by atoms with Gasteiger partial charge in [0, 0.05) is 0 Å². The summed E-state index contributed by atoms with van der Waals surface area (Å²) in [5.74, 6) is 2.32. The fraction of sp³-hybridized carbons (Fsp3) is 0.667. The van der Waals surface area contributed by atoms with E-state index >= 15 is 0 Å². The van der Waals surface area contributed by atoms with E-state index in [4.69, 9.17) is 4.74 Å². The maximum absolute atomic E-state index is 5.92. The summed E-state index contributed by atoms with van der Waals surface area (Å²) in [6.45, 7) is 12.0. The zero-order chi connectivity index (χ0) is 14.8. The van der Waals surface area contributed by atoms with Crippen molar-refractivity contribution < 1.29 is 4.74 Å². The van der Waals surface area contributed by atoms with Crippen molar-refractivity contribution in [1.82, 2.24) is 5.32 Å². The summed E-state index contributed by atoms with van der Waals surface area (Å²) >= 11 is 0. The summed E-state index contributed by atoms with van der Waals surface area (Å²) in [6.07, 6.45) is 3.60. The zero-order valence-electron chi connectivity index (χ0n) is 13.6. The molecule has 1 aromatic rings. The molecule has 0 unspecified atom stereocenters. The molecule has 0 atom stereocenters. The lowest BCUT2D eigenvalue weighted by Gasteiger charge is -2.13. The molecule has 0 fully saturated rings. The molecule has 1 rings (SSSR count). The minimum Gasteiger partial charge on any atom is -0.493 e. The Labute approximate surface area is 124 Å². The third-order valence-electron chi connectivity index (χ3n) is 3.35. The molecule has 1 aromatic carbocycles. The first-order chi connectivity index (χ1) is 9.61. The van der Waals surface area contributed by atoms with Crippen LogP contribution in [-0.2, 0) is 0 Å². The van der Waals surface area contributed by atoms with Crippen LogP contribution in [0.15, 0.2) is 24.3 Å². The van der Waals surface area contributed by atoms with Gasteiger partial charge in [0.1, 0.15) is 5.75 Å². The third-order valence-corrected chi connectivity index (χ3v) is 3.35. The Morgan fingerprint density at radius 3 is 2.45 bits per heavy atom. The lowest BCUT2D eigenvalue weighted by Crippen LogP contribution is -2.20. The van der Waals surface area contributed by atoms with Gasteiger partial charge in [0.05, 0.1) is 6.61 Å². The third kappa shape index (κ3) is 6.95. The van der Waals surface area contributed by atoms with Crippen molar-refractivity contribution in [3.05, 3.63) is 29.8 Å². The molecule has 1 N–H and O–H groups in total. The highest BCUT2D eigenvalue weighted by Gasteiger charge is 2.06. The molecule has 20 heavy (non-hydrogen) atoms.